The van der Waals surface area contributed by atoms with Gasteiger partial charge < -0.3 is 11.1 Å². The number of pyridine rings is 1. The van der Waals surface area contributed by atoms with Gasteiger partial charge in [0.25, 0.3) is 0 Å². The number of nitrogens with zero attached hydrogens (tertiary/aromatic N) is 1. The second kappa shape index (κ2) is 5.82. The molecule has 4 nitrogen and oxygen atoms in total. The highest BCUT2D eigenvalue weighted by Gasteiger charge is 2.04. The molecular formula is C13H17N3OS. The van der Waals surface area contributed by atoms with Crippen LogP contribution >= 0.6 is 0 Å². The molecule has 1 aromatic carbocycles. The highest BCUT2D eigenvalue weighted by atomic mass is 32.2. The first-order valence-corrected chi connectivity index (χ1v) is 7.43. The fourth-order valence-electron chi connectivity index (χ4n) is 1.79. The van der Waals surface area contributed by atoms with Crippen LogP contribution in [0.5, 0.6) is 0 Å². The number of hydrogen-bond acceptors (Lipinski definition) is 4. The molecule has 1 heterocycles. The molecule has 0 spiro atoms. The first-order valence-electron chi connectivity index (χ1n) is 5.94. The molecule has 0 aliphatic heterocycles. The Morgan fingerprint density at radius 1 is 1.39 bits per heavy atom. The first-order chi connectivity index (χ1) is 8.72. The number of aromatic nitrogens is 1. The fourth-order valence-corrected chi connectivity index (χ4v) is 2.41. The lowest BCUT2D eigenvalue weighted by Crippen LogP contribution is -2.12. The molecule has 0 bridgehead atoms. The van der Waals surface area contributed by atoms with E-state index < -0.39 is 10.8 Å². The quantitative estimate of drug-likeness (QED) is 0.810. The Kier molecular flexibility index (Phi) is 4.15. The van der Waals surface area contributed by atoms with Crippen molar-refractivity contribution < 1.29 is 4.21 Å². The molecule has 2 rings (SSSR count). The van der Waals surface area contributed by atoms with Crippen LogP contribution in [0.1, 0.15) is 6.92 Å². The van der Waals surface area contributed by atoms with Crippen molar-refractivity contribution in [1.82, 2.24) is 4.98 Å². The van der Waals surface area contributed by atoms with Gasteiger partial charge >= 0.3 is 0 Å². The average molecular weight is 263 g/mol. The predicted octanol–water partition coefficient (Wildman–Crippen LogP) is 2.00. The van der Waals surface area contributed by atoms with Crippen LogP contribution in [0.15, 0.2) is 30.5 Å². The predicted molar refractivity (Wildman–Crippen MR) is 78.2 cm³/mol. The maximum Gasteiger partial charge on any atom is 0.0951 e. The van der Waals surface area contributed by atoms with Crippen molar-refractivity contribution in [2.24, 2.45) is 0 Å². The summed E-state index contributed by atoms with van der Waals surface area (Å²) in [6.45, 7) is 2.62. The summed E-state index contributed by atoms with van der Waals surface area (Å²) in [5.74, 6) is 1.36. The summed E-state index contributed by atoms with van der Waals surface area (Å²) in [5.41, 5.74) is 8.35. The van der Waals surface area contributed by atoms with Crippen LogP contribution in [0, 0.1) is 0 Å². The van der Waals surface area contributed by atoms with E-state index in [2.05, 4.69) is 10.3 Å². The third-order valence-electron chi connectivity index (χ3n) is 2.77. The Morgan fingerprint density at radius 3 is 3.00 bits per heavy atom. The van der Waals surface area contributed by atoms with Gasteiger partial charge in [0, 0.05) is 46.1 Å². The summed E-state index contributed by atoms with van der Waals surface area (Å²) in [5, 5.41) is 4.29. The highest BCUT2D eigenvalue weighted by Crippen LogP contribution is 2.26. The van der Waals surface area contributed by atoms with Gasteiger partial charge in [0.15, 0.2) is 0 Å². The maximum absolute atomic E-state index is 11.4. The second-order valence-electron chi connectivity index (χ2n) is 3.96. The Balaban J connectivity index is 2.18. The minimum atomic E-state index is -0.742. The van der Waals surface area contributed by atoms with Crippen LogP contribution < -0.4 is 11.1 Å². The largest absolute Gasteiger partial charge is 0.397 e. The Bertz CT molecular complexity index is 571. The molecule has 0 aliphatic rings. The van der Waals surface area contributed by atoms with Gasteiger partial charge in [0.05, 0.1) is 11.2 Å². The Hall–Kier alpha value is -1.62. The molecular weight excluding hydrogens is 246 g/mol. The lowest BCUT2D eigenvalue weighted by atomic mass is 10.1. The molecule has 5 heteroatoms. The van der Waals surface area contributed by atoms with Gasteiger partial charge in [-0.2, -0.15) is 0 Å². The van der Waals surface area contributed by atoms with Crippen molar-refractivity contribution in [3.8, 4) is 0 Å². The molecule has 96 valence electrons. The van der Waals surface area contributed by atoms with Gasteiger partial charge in [-0.3, -0.25) is 9.19 Å². The Labute approximate surface area is 109 Å². The summed E-state index contributed by atoms with van der Waals surface area (Å²) < 4.78 is 11.4. The number of rotatable bonds is 5. The van der Waals surface area contributed by atoms with Crippen molar-refractivity contribution in [1.29, 1.82) is 0 Å². The van der Waals surface area contributed by atoms with E-state index in [4.69, 9.17) is 5.73 Å². The van der Waals surface area contributed by atoms with Gasteiger partial charge in [-0.05, 0) is 24.3 Å². The van der Waals surface area contributed by atoms with Gasteiger partial charge in [-0.1, -0.05) is 6.92 Å². The normalized spacial score (nSPS) is 12.5. The number of nitrogen functional groups attached to an aromatic ring is 1. The van der Waals surface area contributed by atoms with E-state index in [1.54, 1.807) is 6.20 Å². The van der Waals surface area contributed by atoms with Gasteiger partial charge in [-0.15, -0.1) is 0 Å². The lowest BCUT2D eigenvalue weighted by Gasteiger charge is -2.10. The number of anilines is 2. The van der Waals surface area contributed by atoms with Gasteiger partial charge in [-0.25, -0.2) is 0 Å². The highest BCUT2D eigenvalue weighted by molar-refractivity contribution is 7.84. The van der Waals surface area contributed by atoms with Crippen molar-refractivity contribution >= 4 is 33.1 Å². The minimum Gasteiger partial charge on any atom is -0.397 e. The first kappa shape index (κ1) is 12.8. The molecule has 0 aliphatic carbocycles. The van der Waals surface area contributed by atoms with E-state index in [0.29, 0.717) is 23.7 Å². The minimum absolute atomic E-state index is 0.655. The molecule has 0 amide bonds. The van der Waals surface area contributed by atoms with E-state index in [1.165, 1.54) is 0 Å². The number of nitrogens with one attached hydrogen (secondary N) is 1. The molecule has 0 fully saturated rings. The average Bonchev–Trinajstić information content (AvgIpc) is 2.41. The Morgan fingerprint density at radius 2 is 2.22 bits per heavy atom. The van der Waals surface area contributed by atoms with Gasteiger partial charge in [0.2, 0.25) is 0 Å². The molecule has 0 radical (unpaired) electrons. The van der Waals surface area contributed by atoms with Gasteiger partial charge in [0.1, 0.15) is 0 Å². The molecule has 0 saturated carbocycles. The summed E-state index contributed by atoms with van der Waals surface area (Å²) in [6, 6.07) is 7.65. The number of hydrogen-bond donors (Lipinski definition) is 2. The zero-order valence-corrected chi connectivity index (χ0v) is 11.2. The summed E-state index contributed by atoms with van der Waals surface area (Å²) in [6.07, 6.45) is 1.73. The van der Waals surface area contributed by atoms with Crippen LogP contribution in [-0.4, -0.2) is 27.2 Å². The molecule has 3 N–H and O–H groups in total. The fraction of sp³-hybridized carbons (Fsp3) is 0.308. The third kappa shape index (κ3) is 2.79. The molecule has 1 atom stereocenters. The van der Waals surface area contributed by atoms with E-state index in [0.717, 1.165) is 16.6 Å². The molecule has 18 heavy (non-hydrogen) atoms. The van der Waals surface area contributed by atoms with Crippen LogP contribution in [0.4, 0.5) is 11.4 Å². The molecule has 0 saturated heterocycles. The van der Waals surface area contributed by atoms with E-state index >= 15 is 0 Å². The smallest absolute Gasteiger partial charge is 0.0951 e. The zero-order valence-electron chi connectivity index (χ0n) is 10.3. The van der Waals surface area contributed by atoms with Crippen LogP contribution in [0.25, 0.3) is 10.9 Å². The van der Waals surface area contributed by atoms with Crippen LogP contribution in [-0.2, 0) is 10.8 Å². The summed E-state index contributed by atoms with van der Waals surface area (Å²) in [7, 11) is -0.742. The van der Waals surface area contributed by atoms with Crippen molar-refractivity contribution in [2.75, 3.05) is 29.1 Å². The standard InChI is InChI=1S/C13H17N3OS/c1-2-18(17)9-8-15-12-6-5-11(14)13-10(12)4-3-7-16-13/h3-7,15H,2,8-9,14H2,1H3. The summed E-state index contributed by atoms with van der Waals surface area (Å²) >= 11 is 0. The van der Waals surface area contributed by atoms with E-state index in [1.807, 2.05) is 31.2 Å². The monoisotopic (exact) mass is 263 g/mol. The topological polar surface area (TPSA) is 68.0 Å². The maximum atomic E-state index is 11.4. The zero-order chi connectivity index (χ0) is 13.0. The van der Waals surface area contributed by atoms with Crippen molar-refractivity contribution in [3.05, 3.63) is 30.5 Å². The van der Waals surface area contributed by atoms with E-state index in [-0.39, 0.29) is 0 Å². The van der Waals surface area contributed by atoms with Crippen LogP contribution in [0.3, 0.4) is 0 Å². The molecule has 1 unspecified atom stereocenters. The third-order valence-corrected chi connectivity index (χ3v) is 4.07. The number of fused-ring (bicyclic) bond motifs is 1. The number of nitrogens with two attached hydrogens (primary N) is 1. The molecule has 1 aromatic heterocycles. The number of benzene rings is 1. The van der Waals surface area contributed by atoms with Crippen LogP contribution in [0.2, 0.25) is 0 Å². The second-order valence-corrected chi connectivity index (χ2v) is 5.83. The summed E-state index contributed by atoms with van der Waals surface area (Å²) in [4.78, 5) is 4.28. The van der Waals surface area contributed by atoms with Crippen molar-refractivity contribution in [2.45, 2.75) is 6.92 Å². The SMILES string of the molecule is CCS(=O)CCNc1ccc(N)c2ncccc12. The lowest BCUT2D eigenvalue weighted by molar-refractivity contribution is 0.684. The molecule has 2 aromatic rings. The van der Waals surface area contributed by atoms with Crippen molar-refractivity contribution in [3.63, 3.8) is 0 Å². The van der Waals surface area contributed by atoms with E-state index in [9.17, 15) is 4.21 Å².